The van der Waals surface area contributed by atoms with Gasteiger partial charge >= 0.3 is 11.7 Å². The van der Waals surface area contributed by atoms with E-state index in [0.717, 1.165) is 4.57 Å². The Morgan fingerprint density at radius 2 is 1.63 bits per heavy atom. The molecule has 0 radical (unpaired) electrons. The number of nitrogen functional groups attached to an aromatic ring is 1. The van der Waals surface area contributed by atoms with Gasteiger partial charge in [-0.25, -0.2) is 18.0 Å². The molecule has 1 heterocycles. The van der Waals surface area contributed by atoms with E-state index in [-0.39, 0.29) is 22.0 Å². The summed E-state index contributed by atoms with van der Waals surface area (Å²) in [6.45, 7) is 1.23. The van der Waals surface area contributed by atoms with Gasteiger partial charge in [-0.2, -0.15) is 0 Å². The van der Waals surface area contributed by atoms with Crippen LogP contribution in [-0.2, 0) is 28.9 Å². The molecule has 2 aromatic carbocycles. The number of ether oxygens (including phenoxy) is 1. The molecule has 1 aromatic heterocycles. The Morgan fingerprint density at radius 3 is 2.26 bits per heavy atom. The highest BCUT2D eigenvalue weighted by molar-refractivity contribution is 9.10. The summed E-state index contributed by atoms with van der Waals surface area (Å²) in [5.41, 5.74) is 3.42. The average Bonchev–Trinajstić information content (AvgIpc) is 2.81. The van der Waals surface area contributed by atoms with Crippen molar-refractivity contribution in [2.24, 2.45) is 14.1 Å². The fourth-order valence-corrected chi connectivity index (χ4v) is 4.48. The predicted molar refractivity (Wildman–Crippen MR) is 132 cm³/mol. The Bertz CT molecular complexity index is 1540. The van der Waals surface area contributed by atoms with Crippen LogP contribution in [0.4, 0.5) is 11.5 Å². The summed E-state index contributed by atoms with van der Waals surface area (Å²) in [5.74, 6) is -2.30. The summed E-state index contributed by atoms with van der Waals surface area (Å²) in [6.07, 6.45) is -1.47. The van der Waals surface area contributed by atoms with Gasteiger partial charge in [0.2, 0.25) is 5.78 Å². The number of Topliss-reactive ketones (excluding diaryl/α,β-unsaturated/α-hetero) is 1. The van der Waals surface area contributed by atoms with E-state index in [9.17, 15) is 27.6 Å². The third kappa shape index (κ3) is 5.20. The molecule has 0 fully saturated rings. The molecule has 11 nitrogen and oxygen atoms in total. The molecule has 0 bridgehead atoms. The number of hydrogen-bond acceptors (Lipinski definition) is 8. The van der Waals surface area contributed by atoms with Crippen LogP contribution in [0.1, 0.15) is 27.6 Å². The second-order valence-corrected chi connectivity index (χ2v) is 10.1. The van der Waals surface area contributed by atoms with Crippen LogP contribution in [0, 0.1) is 0 Å². The quantitative estimate of drug-likeness (QED) is 0.323. The zero-order chi connectivity index (χ0) is 26.1. The van der Waals surface area contributed by atoms with Crippen molar-refractivity contribution in [2.75, 3.05) is 10.5 Å². The molecule has 0 saturated carbocycles. The lowest BCUT2D eigenvalue weighted by Gasteiger charge is -2.17. The second-order valence-electron chi connectivity index (χ2n) is 7.48. The van der Waals surface area contributed by atoms with Crippen LogP contribution < -0.4 is 21.7 Å². The van der Waals surface area contributed by atoms with Crippen molar-refractivity contribution >= 4 is 49.2 Å². The lowest BCUT2D eigenvalue weighted by molar-refractivity contribution is 0.0319. The number of para-hydroxylation sites is 1. The maximum absolute atomic E-state index is 12.9. The number of carbonyl (C=O) groups is 2. The van der Waals surface area contributed by atoms with Gasteiger partial charge in [0.15, 0.2) is 6.10 Å². The lowest BCUT2D eigenvalue weighted by Crippen LogP contribution is -2.43. The summed E-state index contributed by atoms with van der Waals surface area (Å²) in [7, 11) is -1.56. The van der Waals surface area contributed by atoms with Crippen LogP contribution >= 0.6 is 15.9 Å². The molecule has 184 valence electrons. The monoisotopic (exact) mass is 564 g/mol. The minimum atomic E-state index is -4.04. The van der Waals surface area contributed by atoms with Gasteiger partial charge in [0.25, 0.3) is 15.6 Å². The van der Waals surface area contributed by atoms with Gasteiger partial charge in [-0.3, -0.25) is 23.4 Å². The van der Waals surface area contributed by atoms with Crippen LogP contribution in [-0.4, -0.2) is 35.4 Å². The predicted octanol–water partition coefficient (Wildman–Crippen LogP) is 1.66. The number of sulfonamides is 1. The Kier molecular flexibility index (Phi) is 7.31. The van der Waals surface area contributed by atoms with Crippen molar-refractivity contribution in [3.8, 4) is 0 Å². The maximum atomic E-state index is 12.9. The summed E-state index contributed by atoms with van der Waals surface area (Å²) in [4.78, 5) is 50.1. The molecule has 3 N–H and O–H groups in total. The Morgan fingerprint density at radius 1 is 1.03 bits per heavy atom. The topological polar surface area (TPSA) is 160 Å². The number of anilines is 2. The number of nitrogens with two attached hydrogens (primary N) is 1. The molecule has 0 spiro atoms. The van der Waals surface area contributed by atoms with Crippen LogP contribution in [0.2, 0.25) is 0 Å². The van der Waals surface area contributed by atoms with Gasteiger partial charge in [0, 0.05) is 18.6 Å². The molecule has 3 aromatic rings. The van der Waals surface area contributed by atoms with E-state index >= 15 is 0 Å². The molecule has 0 amide bonds. The van der Waals surface area contributed by atoms with Crippen LogP contribution in [0.25, 0.3) is 0 Å². The standard InChI is InChI=1S/C22H21BrN4O7S/c1-12(18(28)17-19(24)26(2)22(31)27(3)20(17)29)34-21(30)15-6-4-5-7-16(15)25-35(32,33)14-10-8-13(23)9-11-14/h4-12,25H,24H2,1-3H3/t12-/m1/s1. The minimum Gasteiger partial charge on any atom is -0.451 e. The van der Waals surface area contributed by atoms with E-state index in [4.69, 9.17) is 10.5 Å². The number of rotatable bonds is 7. The molecular formula is C22H21BrN4O7S. The minimum absolute atomic E-state index is 0.0339. The van der Waals surface area contributed by atoms with E-state index < -0.39 is 44.7 Å². The number of aromatic nitrogens is 2. The average molecular weight is 565 g/mol. The van der Waals surface area contributed by atoms with Gasteiger partial charge in [0.1, 0.15) is 11.4 Å². The molecular weight excluding hydrogens is 544 g/mol. The number of hydrogen-bond donors (Lipinski definition) is 2. The highest BCUT2D eigenvalue weighted by Crippen LogP contribution is 2.23. The lowest BCUT2D eigenvalue weighted by atomic mass is 10.1. The number of halogens is 1. The molecule has 3 rings (SSSR count). The number of esters is 1. The summed E-state index contributed by atoms with van der Waals surface area (Å²) >= 11 is 3.23. The molecule has 13 heteroatoms. The molecule has 0 saturated heterocycles. The van der Waals surface area contributed by atoms with Crippen LogP contribution in [0.15, 0.2) is 67.5 Å². The zero-order valence-electron chi connectivity index (χ0n) is 18.8. The Balaban J connectivity index is 1.88. The molecule has 0 aliphatic rings. The molecule has 0 unspecified atom stereocenters. The summed E-state index contributed by atoms with van der Waals surface area (Å²) < 4.78 is 35.4. The highest BCUT2D eigenvalue weighted by atomic mass is 79.9. The first kappa shape index (κ1) is 25.9. The number of benzene rings is 2. The zero-order valence-corrected chi connectivity index (χ0v) is 21.2. The number of nitrogens with zero attached hydrogens (tertiary/aromatic N) is 2. The van der Waals surface area contributed by atoms with E-state index in [0.29, 0.717) is 9.04 Å². The van der Waals surface area contributed by atoms with E-state index in [2.05, 4.69) is 20.7 Å². The number of ketones is 1. The van der Waals surface area contributed by atoms with E-state index in [1.807, 2.05) is 0 Å². The van der Waals surface area contributed by atoms with Gasteiger partial charge in [-0.05, 0) is 43.3 Å². The molecule has 0 aliphatic heterocycles. The first-order valence-corrected chi connectivity index (χ1v) is 12.3. The Labute approximate surface area is 208 Å². The van der Waals surface area contributed by atoms with Crippen molar-refractivity contribution < 1.29 is 22.7 Å². The van der Waals surface area contributed by atoms with Crippen molar-refractivity contribution in [3.05, 3.63) is 85.0 Å². The van der Waals surface area contributed by atoms with Crippen molar-refractivity contribution in [1.82, 2.24) is 9.13 Å². The third-order valence-electron chi connectivity index (χ3n) is 5.12. The van der Waals surface area contributed by atoms with Gasteiger partial charge in [-0.15, -0.1) is 0 Å². The summed E-state index contributed by atoms with van der Waals surface area (Å²) in [5, 5.41) is 0. The van der Waals surface area contributed by atoms with Crippen molar-refractivity contribution in [1.29, 1.82) is 0 Å². The largest absolute Gasteiger partial charge is 0.451 e. The Hall–Kier alpha value is -3.71. The van der Waals surface area contributed by atoms with Gasteiger partial charge in [-0.1, -0.05) is 28.1 Å². The van der Waals surface area contributed by atoms with Gasteiger partial charge in [0.05, 0.1) is 16.1 Å². The van der Waals surface area contributed by atoms with Crippen molar-refractivity contribution in [2.45, 2.75) is 17.9 Å². The first-order valence-electron chi connectivity index (χ1n) is 10.0. The number of nitrogens with one attached hydrogen (secondary N) is 1. The SMILES string of the molecule is C[C@@H](OC(=O)c1ccccc1NS(=O)(=O)c1ccc(Br)cc1)C(=O)c1c(N)n(C)c(=O)n(C)c1=O. The maximum Gasteiger partial charge on any atom is 0.340 e. The van der Waals surface area contributed by atoms with E-state index in [1.54, 1.807) is 12.1 Å². The van der Waals surface area contributed by atoms with Gasteiger partial charge < -0.3 is 10.5 Å². The number of carbonyl (C=O) groups excluding carboxylic acids is 2. The van der Waals surface area contributed by atoms with Crippen LogP contribution in [0.3, 0.4) is 0 Å². The molecule has 0 aliphatic carbocycles. The first-order chi connectivity index (χ1) is 16.3. The van der Waals surface area contributed by atoms with Crippen molar-refractivity contribution in [3.63, 3.8) is 0 Å². The van der Waals surface area contributed by atoms with E-state index in [1.165, 1.54) is 57.4 Å². The smallest absolute Gasteiger partial charge is 0.340 e. The fourth-order valence-electron chi connectivity index (χ4n) is 3.14. The normalized spacial score (nSPS) is 12.1. The second kappa shape index (κ2) is 9.88. The molecule has 35 heavy (non-hydrogen) atoms. The molecule has 1 atom stereocenters. The van der Waals surface area contributed by atoms with Crippen LogP contribution in [0.5, 0.6) is 0 Å². The third-order valence-corrected chi connectivity index (χ3v) is 7.03. The fraction of sp³-hybridized carbons (Fsp3) is 0.182. The highest BCUT2D eigenvalue weighted by Gasteiger charge is 2.28. The summed E-state index contributed by atoms with van der Waals surface area (Å²) in [6, 6.07) is 11.5.